The maximum absolute atomic E-state index is 12.9. The fraction of sp³-hybridized carbons (Fsp3) is 0.190. The molecule has 3 aromatic rings. The molecule has 0 radical (unpaired) electrons. The smallest absolute Gasteiger partial charge is 0.268 e. The van der Waals surface area contributed by atoms with Crippen LogP contribution in [0.5, 0.6) is 0 Å². The highest BCUT2D eigenvalue weighted by molar-refractivity contribution is 7.92. The van der Waals surface area contributed by atoms with Crippen LogP contribution in [0.3, 0.4) is 0 Å². The third kappa shape index (κ3) is 3.43. The van der Waals surface area contributed by atoms with Gasteiger partial charge in [-0.3, -0.25) is 9.52 Å². The molecule has 5 nitrogen and oxygen atoms in total. The number of benzene rings is 2. The molecule has 0 unspecified atom stereocenters. The molecule has 0 atom stereocenters. The summed E-state index contributed by atoms with van der Waals surface area (Å²) in [5, 5.41) is 1.87. The Balaban J connectivity index is 1.65. The summed E-state index contributed by atoms with van der Waals surface area (Å²) in [6.07, 6.45) is 0.760. The van der Waals surface area contributed by atoms with Gasteiger partial charge >= 0.3 is 0 Å². The lowest BCUT2D eigenvalue weighted by Gasteiger charge is -2.18. The van der Waals surface area contributed by atoms with Crippen LogP contribution in [0.25, 0.3) is 0 Å². The number of nitrogens with one attached hydrogen (secondary N) is 1. The summed E-state index contributed by atoms with van der Waals surface area (Å²) in [5.74, 6) is -0.0525. The number of anilines is 2. The first-order valence-electron chi connectivity index (χ1n) is 8.93. The maximum atomic E-state index is 12.9. The van der Waals surface area contributed by atoms with Crippen LogP contribution in [0.1, 0.15) is 26.4 Å². The van der Waals surface area contributed by atoms with Crippen LogP contribution < -0.4 is 9.62 Å². The van der Waals surface area contributed by atoms with Crippen LogP contribution in [0.2, 0.25) is 0 Å². The number of carbonyl (C=O) groups is 1. The van der Waals surface area contributed by atoms with E-state index in [1.807, 2.05) is 30.5 Å². The van der Waals surface area contributed by atoms with E-state index in [0.29, 0.717) is 22.7 Å². The van der Waals surface area contributed by atoms with Crippen LogP contribution in [0.4, 0.5) is 11.4 Å². The zero-order valence-electron chi connectivity index (χ0n) is 15.6. The molecular formula is C21H20N2O3S2. The van der Waals surface area contributed by atoms with Crippen molar-refractivity contribution in [1.29, 1.82) is 0 Å². The molecule has 0 fully saturated rings. The second-order valence-electron chi connectivity index (χ2n) is 6.90. The van der Waals surface area contributed by atoms with Gasteiger partial charge < -0.3 is 4.90 Å². The zero-order valence-corrected chi connectivity index (χ0v) is 17.2. The molecule has 4 rings (SSSR count). The Morgan fingerprint density at radius 3 is 2.68 bits per heavy atom. The van der Waals surface area contributed by atoms with E-state index in [1.165, 1.54) is 11.3 Å². The van der Waals surface area contributed by atoms with E-state index in [1.54, 1.807) is 42.2 Å². The fourth-order valence-corrected chi connectivity index (χ4v) is 5.45. The van der Waals surface area contributed by atoms with Crippen molar-refractivity contribution < 1.29 is 13.2 Å². The standard InChI is InChI=1S/C21H20N2O3S2/c1-14-5-6-15(2)20(12-14)28(25,26)22-17-8-7-16-9-10-23(18(16)13-17)21(24)19-4-3-11-27-19/h3-8,11-13,22H,9-10H2,1-2H3. The lowest BCUT2D eigenvalue weighted by Crippen LogP contribution is -2.28. The van der Waals surface area contributed by atoms with Gasteiger partial charge in [0.2, 0.25) is 0 Å². The Hall–Kier alpha value is -2.64. The Bertz CT molecular complexity index is 1150. The molecule has 0 aliphatic carbocycles. The van der Waals surface area contributed by atoms with Gasteiger partial charge in [-0.1, -0.05) is 24.3 Å². The second-order valence-corrected chi connectivity index (χ2v) is 9.50. The summed E-state index contributed by atoms with van der Waals surface area (Å²) < 4.78 is 28.4. The number of thiophene rings is 1. The number of hydrogen-bond acceptors (Lipinski definition) is 4. The van der Waals surface area contributed by atoms with E-state index >= 15 is 0 Å². The highest BCUT2D eigenvalue weighted by Crippen LogP contribution is 2.33. The summed E-state index contributed by atoms with van der Waals surface area (Å²) in [7, 11) is -3.72. The fourth-order valence-electron chi connectivity index (χ4n) is 3.39. The van der Waals surface area contributed by atoms with Crippen molar-refractivity contribution in [3.05, 3.63) is 75.5 Å². The molecule has 144 valence electrons. The van der Waals surface area contributed by atoms with E-state index in [0.717, 1.165) is 23.2 Å². The van der Waals surface area contributed by atoms with Crippen LogP contribution >= 0.6 is 11.3 Å². The second kappa shape index (κ2) is 7.07. The van der Waals surface area contributed by atoms with Gasteiger partial charge in [0.15, 0.2) is 0 Å². The predicted octanol–water partition coefficient (Wildman–Crippen LogP) is 4.37. The molecule has 1 N–H and O–H groups in total. The summed E-state index contributed by atoms with van der Waals surface area (Å²) in [4.78, 5) is 15.4. The first kappa shape index (κ1) is 18.7. The summed E-state index contributed by atoms with van der Waals surface area (Å²) in [5.41, 5.74) is 3.83. The van der Waals surface area contributed by atoms with E-state index < -0.39 is 10.0 Å². The van der Waals surface area contributed by atoms with Crippen molar-refractivity contribution in [2.24, 2.45) is 0 Å². The number of sulfonamides is 1. The van der Waals surface area contributed by atoms with Gasteiger partial charge in [0.25, 0.3) is 15.9 Å². The molecule has 7 heteroatoms. The van der Waals surface area contributed by atoms with Gasteiger partial charge in [-0.15, -0.1) is 11.3 Å². The maximum Gasteiger partial charge on any atom is 0.268 e. The Labute approximate surface area is 168 Å². The lowest BCUT2D eigenvalue weighted by molar-refractivity contribution is 0.0993. The third-order valence-corrected chi connectivity index (χ3v) is 7.22. The van der Waals surface area contributed by atoms with E-state index in [-0.39, 0.29) is 10.8 Å². The molecule has 2 heterocycles. The average Bonchev–Trinajstić information content (AvgIpc) is 3.32. The Morgan fingerprint density at radius 1 is 1.11 bits per heavy atom. The first-order chi connectivity index (χ1) is 13.3. The largest absolute Gasteiger partial charge is 0.307 e. The SMILES string of the molecule is Cc1ccc(C)c(S(=O)(=O)Nc2ccc3c(c2)N(C(=O)c2cccs2)CC3)c1. The van der Waals surface area contributed by atoms with Gasteiger partial charge in [-0.05, 0) is 66.6 Å². The quantitative estimate of drug-likeness (QED) is 0.692. The number of hydrogen-bond donors (Lipinski definition) is 1. The molecule has 1 amide bonds. The van der Waals surface area contributed by atoms with Crippen molar-refractivity contribution >= 4 is 38.6 Å². The van der Waals surface area contributed by atoms with Crippen molar-refractivity contribution in [2.75, 3.05) is 16.2 Å². The number of amides is 1. The van der Waals surface area contributed by atoms with Gasteiger partial charge in [-0.25, -0.2) is 8.42 Å². The van der Waals surface area contributed by atoms with Gasteiger partial charge in [0, 0.05) is 12.2 Å². The predicted molar refractivity (Wildman–Crippen MR) is 113 cm³/mol. The molecule has 0 spiro atoms. The van der Waals surface area contributed by atoms with Crippen molar-refractivity contribution in [1.82, 2.24) is 0 Å². The molecule has 0 saturated carbocycles. The summed E-state index contributed by atoms with van der Waals surface area (Å²) in [6.45, 7) is 4.24. The number of carbonyl (C=O) groups excluding carboxylic acids is 1. The molecule has 0 saturated heterocycles. The Morgan fingerprint density at radius 2 is 1.93 bits per heavy atom. The van der Waals surface area contributed by atoms with E-state index in [9.17, 15) is 13.2 Å². The van der Waals surface area contributed by atoms with Gasteiger partial charge in [-0.2, -0.15) is 0 Å². The summed E-state index contributed by atoms with van der Waals surface area (Å²) >= 11 is 1.40. The van der Waals surface area contributed by atoms with E-state index in [4.69, 9.17) is 0 Å². The summed E-state index contributed by atoms with van der Waals surface area (Å²) in [6, 6.07) is 14.4. The lowest BCUT2D eigenvalue weighted by atomic mass is 10.1. The monoisotopic (exact) mass is 412 g/mol. The van der Waals surface area contributed by atoms with Crippen molar-refractivity contribution in [2.45, 2.75) is 25.2 Å². The first-order valence-corrected chi connectivity index (χ1v) is 11.3. The minimum Gasteiger partial charge on any atom is -0.307 e. The van der Waals surface area contributed by atoms with Gasteiger partial charge in [0.05, 0.1) is 15.5 Å². The molecule has 0 bridgehead atoms. The molecule has 1 aliphatic heterocycles. The molecule has 28 heavy (non-hydrogen) atoms. The molecule has 1 aliphatic rings. The normalized spacial score (nSPS) is 13.4. The highest BCUT2D eigenvalue weighted by Gasteiger charge is 2.27. The minimum absolute atomic E-state index is 0.0525. The zero-order chi connectivity index (χ0) is 19.9. The van der Waals surface area contributed by atoms with Crippen molar-refractivity contribution in [3.8, 4) is 0 Å². The number of rotatable bonds is 4. The molecule has 2 aromatic carbocycles. The molecule has 1 aromatic heterocycles. The van der Waals surface area contributed by atoms with Gasteiger partial charge in [0.1, 0.15) is 0 Å². The van der Waals surface area contributed by atoms with E-state index in [2.05, 4.69) is 4.72 Å². The number of aryl methyl sites for hydroxylation is 2. The minimum atomic E-state index is -3.72. The topological polar surface area (TPSA) is 66.5 Å². The van der Waals surface area contributed by atoms with Crippen LogP contribution in [-0.4, -0.2) is 20.9 Å². The van der Waals surface area contributed by atoms with Crippen molar-refractivity contribution in [3.63, 3.8) is 0 Å². The molecular weight excluding hydrogens is 392 g/mol. The number of fused-ring (bicyclic) bond motifs is 1. The van der Waals surface area contributed by atoms with Crippen LogP contribution in [-0.2, 0) is 16.4 Å². The highest BCUT2D eigenvalue weighted by atomic mass is 32.2. The third-order valence-electron chi connectivity index (χ3n) is 4.84. The Kier molecular flexibility index (Phi) is 4.72. The van der Waals surface area contributed by atoms with Crippen LogP contribution in [0, 0.1) is 13.8 Å². The van der Waals surface area contributed by atoms with Crippen LogP contribution in [0.15, 0.2) is 58.8 Å². The number of nitrogens with zero attached hydrogens (tertiary/aromatic N) is 1. The average molecular weight is 413 g/mol.